The molecule has 0 saturated carbocycles. The lowest BCUT2D eigenvalue weighted by molar-refractivity contribution is -0.0840. The Morgan fingerprint density at radius 2 is 2.21 bits per heavy atom. The van der Waals surface area contributed by atoms with E-state index in [1.165, 1.54) is 12.7 Å². The van der Waals surface area contributed by atoms with E-state index in [2.05, 4.69) is 25.6 Å². The number of likely N-dealkylation sites (N-methyl/N-ethyl adjacent to an activating group) is 1. The van der Waals surface area contributed by atoms with E-state index in [-0.39, 0.29) is 6.04 Å². The molecule has 6 atom stereocenters. The van der Waals surface area contributed by atoms with Crippen LogP contribution >= 0.6 is 12.2 Å². The average molecular weight is 410 g/mol. The van der Waals surface area contributed by atoms with Crippen molar-refractivity contribution >= 4 is 34.8 Å². The molecule has 4 rings (SSSR count). The number of imidazole rings is 1. The van der Waals surface area contributed by atoms with Crippen LogP contribution in [0.4, 0.5) is 5.82 Å². The van der Waals surface area contributed by atoms with Crippen LogP contribution < -0.4 is 10.6 Å². The molecule has 0 aliphatic carbocycles. The highest BCUT2D eigenvalue weighted by Crippen LogP contribution is 2.33. The Morgan fingerprint density at radius 1 is 1.36 bits per heavy atom. The van der Waals surface area contributed by atoms with Gasteiger partial charge in [0.1, 0.15) is 30.2 Å². The SMILES string of the molecule is CNC(OC=S)[C@@H]1O[C@@H](n2cnc3c(N[C@@H]4CCOC4)ncnc32)[C@H](O)[C@@H]1O. The monoisotopic (exact) mass is 410 g/mol. The topological polar surface area (TPSA) is 136 Å². The molecule has 2 fully saturated rings. The van der Waals surface area contributed by atoms with Crippen molar-refractivity contribution < 1.29 is 24.4 Å². The summed E-state index contributed by atoms with van der Waals surface area (Å²) in [7, 11) is 1.64. The Kier molecular flexibility index (Phi) is 5.66. The van der Waals surface area contributed by atoms with E-state index >= 15 is 0 Å². The van der Waals surface area contributed by atoms with Gasteiger partial charge in [-0.1, -0.05) is 0 Å². The molecule has 2 aromatic rings. The fraction of sp³-hybridized carbons (Fsp3) is 0.625. The molecular formula is C16H22N6O5S. The van der Waals surface area contributed by atoms with E-state index in [1.807, 2.05) is 0 Å². The number of thiocarbonyl (C=S) groups is 1. The number of anilines is 1. The molecule has 0 spiro atoms. The molecule has 2 aliphatic heterocycles. The number of fused-ring (bicyclic) bond motifs is 1. The van der Waals surface area contributed by atoms with Gasteiger partial charge in [0.15, 0.2) is 29.4 Å². The van der Waals surface area contributed by atoms with Gasteiger partial charge in [0.25, 0.3) is 0 Å². The normalized spacial score (nSPS) is 31.2. The maximum atomic E-state index is 10.6. The van der Waals surface area contributed by atoms with Crippen molar-refractivity contribution in [2.75, 3.05) is 25.6 Å². The van der Waals surface area contributed by atoms with Crippen LogP contribution in [0.3, 0.4) is 0 Å². The number of aliphatic hydroxyl groups excluding tert-OH is 2. The molecule has 0 radical (unpaired) electrons. The Balaban J connectivity index is 1.61. The minimum atomic E-state index is -1.21. The summed E-state index contributed by atoms with van der Waals surface area (Å²) >= 11 is 4.71. The lowest BCUT2D eigenvalue weighted by atomic mass is 10.1. The van der Waals surface area contributed by atoms with Crippen molar-refractivity contribution in [3.63, 3.8) is 0 Å². The molecule has 0 amide bonds. The van der Waals surface area contributed by atoms with Crippen LogP contribution in [0.2, 0.25) is 0 Å². The van der Waals surface area contributed by atoms with Crippen molar-refractivity contribution in [2.45, 2.75) is 43.2 Å². The summed E-state index contributed by atoms with van der Waals surface area (Å²) < 4.78 is 18.1. The van der Waals surface area contributed by atoms with Gasteiger partial charge in [-0.2, -0.15) is 0 Å². The van der Waals surface area contributed by atoms with Gasteiger partial charge in [-0.25, -0.2) is 15.0 Å². The first kappa shape index (κ1) is 19.4. The Labute approximate surface area is 166 Å². The summed E-state index contributed by atoms with van der Waals surface area (Å²) in [6, 6.07) is 0.158. The summed E-state index contributed by atoms with van der Waals surface area (Å²) in [5.41, 5.74) is 2.11. The van der Waals surface area contributed by atoms with Crippen LogP contribution in [-0.2, 0) is 14.2 Å². The highest BCUT2D eigenvalue weighted by Gasteiger charge is 2.48. The van der Waals surface area contributed by atoms with Crippen molar-refractivity contribution in [1.82, 2.24) is 24.8 Å². The number of nitrogens with one attached hydrogen (secondary N) is 2. The summed E-state index contributed by atoms with van der Waals surface area (Å²) in [5, 5.41) is 27.2. The molecule has 4 N–H and O–H groups in total. The third-order valence-electron chi connectivity index (χ3n) is 4.96. The Hall–Kier alpha value is -1.96. The quantitative estimate of drug-likeness (QED) is 0.336. The third-order valence-corrected chi connectivity index (χ3v) is 5.07. The number of nitrogens with zero attached hydrogens (tertiary/aromatic N) is 4. The minimum Gasteiger partial charge on any atom is -0.469 e. The summed E-state index contributed by atoms with van der Waals surface area (Å²) in [6.45, 7) is 1.31. The second kappa shape index (κ2) is 8.19. The van der Waals surface area contributed by atoms with Crippen LogP contribution in [0, 0.1) is 0 Å². The molecule has 0 aromatic carbocycles. The highest BCUT2D eigenvalue weighted by molar-refractivity contribution is 7.78. The van der Waals surface area contributed by atoms with Gasteiger partial charge in [0.2, 0.25) is 0 Å². The van der Waals surface area contributed by atoms with Crippen molar-refractivity contribution in [3.05, 3.63) is 12.7 Å². The van der Waals surface area contributed by atoms with Crippen LogP contribution in [0.5, 0.6) is 0 Å². The number of rotatable bonds is 7. The van der Waals surface area contributed by atoms with Gasteiger partial charge >= 0.3 is 0 Å². The van der Waals surface area contributed by atoms with Crippen LogP contribution in [0.25, 0.3) is 11.2 Å². The van der Waals surface area contributed by atoms with Crippen LogP contribution in [0.1, 0.15) is 12.6 Å². The standard InChI is InChI=1S/C16H22N6O5S/c1-17-15(26-7-28)12-10(23)11(24)16(27-12)22-6-20-9-13(18-5-19-14(9)22)21-8-2-3-25-4-8/h5-8,10-12,15-17,23-24H,2-4H2,1H3,(H,18,19,21)/t8-,10+,11-,12-,15?,16-/m1/s1. The van der Waals surface area contributed by atoms with E-state index in [0.717, 1.165) is 12.0 Å². The molecule has 0 bridgehead atoms. The first-order valence-corrected chi connectivity index (χ1v) is 9.41. The predicted octanol–water partition coefficient (Wildman–Crippen LogP) is -0.834. The molecule has 1 unspecified atom stereocenters. The van der Waals surface area contributed by atoms with Gasteiger partial charge in [-0.3, -0.25) is 9.88 Å². The van der Waals surface area contributed by atoms with Gasteiger partial charge in [0.05, 0.1) is 19.0 Å². The minimum absolute atomic E-state index is 0.158. The summed E-state index contributed by atoms with van der Waals surface area (Å²) in [6.07, 6.45) is -1.03. The van der Waals surface area contributed by atoms with Crippen molar-refractivity contribution in [3.8, 4) is 0 Å². The molecule has 2 aliphatic rings. The second-order valence-electron chi connectivity index (χ2n) is 6.67. The second-order valence-corrected chi connectivity index (χ2v) is 6.86. The Morgan fingerprint density at radius 3 is 2.93 bits per heavy atom. The maximum Gasteiger partial charge on any atom is 0.179 e. The maximum absolute atomic E-state index is 10.6. The molecule has 4 heterocycles. The van der Waals surface area contributed by atoms with Crippen molar-refractivity contribution in [2.24, 2.45) is 0 Å². The van der Waals surface area contributed by atoms with E-state index in [0.29, 0.717) is 30.2 Å². The fourth-order valence-electron chi connectivity index (χ4n) is 3.52. The number of ether oxygens (including phenoxy) is 3. The molecule has 12 heteroatoms. The van der Waals surface area contributed by atoms with Gasteiger partial charge in [0, 0.05) is 6.61 Å². The number of aromatic nitrogens is 4. The molecule has 28 heavy (non-hydrogen) atoms. The van der Waals surface area contributed by atoms with Crippen LogP contribution in [0.15, 0.2) is 12.7 Å². The molecule has 2 aromatic heterocycles. The lowest BCUT2D eigenvalue weighted by Gasteiger charge is -2.23. The predicted molar refractivity (Wildman–Crippen MR) is 102 cm³/mol. The smallest absolute Gasteiger partial charge is 0.179 e. The average Bonchev–Trinajstić information content (AvgIpc) is 3.42. The zero-order chi connectivity index (χ0) is 19.7. The van der Waals surface area contributed by atoms with Gasteiger partial charge in [-0.05, 0) is 25.7 Å². The first-order valence-electron chi connectivity index (χ1n) is 8.93. The summed E-state index contributed by atoms with van der Waals surface area (Å²) in [4.78, 5) is 12.9. The zero-order valence-electron chi connectivity index (χ0n) is 15.1. The third kappa shape index (κ3) is 3.43. The van der Waals surface area contributed by atoms with Crippen molar-refractivity contribution in [1.29, 1.82) is 0 Å². The Bertz CT molecular complexity index is 831. The lowest BCUT2D eigenvalue weighted by Crippen LogP contribution is -2.46. The van der Waals surface area contributed by atoms with E-state index < -0.39 is 30.8 Å². The fourth-order valence-corrected chi connectivity index (χ4v) is 3.64. The number of hydrogen-bond acceptors (Lipinski definition) is 11. The van der Waals surface area contributed by atoms with Crippen LogP contribution in [-0.4, -0.2) is 86.1 Å². The molecule has 11 nitrogen and oxygen atoms in total. The summed E-state index contributed by atoms with van der Waals surface area (Å²) in [5.74, 6) is 0.584. The molecule has 2 saturated heterocycles. The van der Waals surface area contributed by atoms with E-state index in [4.69, 9.17) is 26.4 Å². The highest BCUT2D eigenvalue weighted by atomic mass is 32.1. The largest absolute Gasteiger partial charge is 0.469 e. The number of aliphatic hydroxyl groups is 2. The van der Waals surface area contributed by atoms with Gasteiger partial charge < -0.3 is 29.7 Å². The van der Waals surface area contributed by atoms with Gasteiger partial charge in [-0.15, -0.1) is 0 Å². The molecular weight excluding hydrogens is 388 g/mol. The van der Waals surface area contributed by atoms with E-state index in [1.54, 1.807) is 11.6 Å². The number of hydrogen-bond donors (Lipinski definition) is 4. The van der Waals surface area contributed by atoms with E-state index in [9.17, 15) is 10.2 Å². The molecule has 152 valence electrons. The first-order chi connectivity index (χ1) is 13.6. The zero-order valence-corrected chi connectivity index (χ0v) is 16.0.